The topological polar surface area (TPSA) is 38.7 Å². The Balaban J connectivity index is 2.03. The molecule has 20 heavy (non-hydrogen) atoms. The fraction of sp³-hybridized carbons (Fsp3) is 0.294. The van der Waals surface area contributed by atoms with Crippen molar-refractivity contribution >= 4 is 0 Å². The van der Waals surface area contributed by atoms with E-state index in [2.05, 4.69) is 0 Å². The van der Waals surface area contributed by atoms with E-state index in [0.717, 1.165) is 29.0 Å². The smallest absolute Gasteiger partial charge is 0.125 e. The molecular formula is C17H20O3. The van der Waals surface area contributed by atoms with Gasteiger partial charge in [0.1, 0.15) is 11.5 Å². The van der Waals surface area contributed by atoms with Crippen LogP contribution in [0.5, 0.6) is 11.5 Å². The molecule has 0 aromatic heterocycles. The Morgan fingerprint density at radius 2 is 1.75 bits per heavy atom. The minimum Gasteiger partial charge on any atom is -0.497 e. The van der Waals surface area contributed by atoms with E-state index in [1.807, 2.05) is 48.5 Å². The van der Waals surface area contributed by atoms with Crippen LogP contribution in [0.3, 0.4) is 0 Å². The number of hydrogen-bond acceptors (Lipinski definition) is 3. The van der Waals surface area contributed by atoms with Gasteiger partial charge in [0, 0.05) is 6.07 Å². The van der Waals surface area contributed by atoms with Crippen LogP contribution >= 0.6 is 0 Å². The maximum absolute atomic E-state index is 10.2. The largest absolute Gasteiger partial charge is 0.497 e. The van der Waals surface area contributed by atoms with Crippen LogP contribution in [0.4, 0.5) is 0 Å². The molecule has 0 spiro atoms. The molecule has 0 fully saturated rings. The van der Waals surface area contributed by atoms with Crippen molar-refractivity contribution in [2.24, 2.45) is 0 Å². The highest BCUT2D eigenvalue weighted by atomic mass is 16.5. The summed E-state index contributed by atoms with van der Waals surface area (Å²) in [5.41, 5.74) is 2.02. The van der Waals surface area contributed by atoms with Gasteiger partial charge in [-0.2, -0.15) is 0 Å². The lowest BCUT2D eigenvalue weighted by Gasteiger charge is -2.13. The highest BCUT2D eigenvalue weighted by Gasteiger charge is 2.10. The van der Waals surface area contributed by atoms with E-state index in [4.69, 9.17) is 9.47 Å². The molecule has 0 aliphatic heterocycles. The normalized spacial score (nSPS) is 11.9. The molecule has 0 saturated carbocycles. The summed E-state index contributed by atoms with van der Waals surface area (Å²) in [7, 11) is 3.28. The summed E-state index contributed by atoms with van der Waals surface area (Å²) in [5.74, 6) is 1.57. The molecule has 1 N–H and O–H groups in total. The van der Waals surface area contributed by atoms with E-state index in [1.165, 1.54) is 0 Å². The van der Waals surface area contributed by atoms with Crippen molar-refractivity contribution < 1.29 is 14.6 Å². The number of benzene rings is 2. The second kappa shape index (κ2) is 6.96. The van der Waals surface area contributed by atoms with Crippen molar-refractivity contribution in [1.82, 2.24) is 0 Å². The van der Waals surface area contributed by atoms with Gasteiger partial charge in [-0.15, -0.1) is 0 Å². The van der Waals surface area contributed by atoms with Crippen LogP contribution in [0.1, 0.15) is 23.7 Å². The molecule has 0 heterocycles. The Morgan fingerprint density at radius 3 is 2.40 bits per heavy atom. The lowest BCUT2D eigenvalue weighted by atomic mass is 10.0. The third kappa shape index (κ3) is 3.52. The fourth-order valence-corrected chi connectivity index (χ4v) is 2.19. The highest BCUT2D eigenvalue weighted by molar-refractivity contribution is 5.40. The van der Waals surface area contributed by atoms with E-state index < -0.39 is 6.10 Å². The Bertz CT molecular complexity index is 537. The summed E-state index contributed by atoms with van der Waals surface area (Å²) in [4.78, 5) is 0. The maximum atomic E-state index is 10.2. The van der Waals surface area contributed by atoms with Crippen molar-refractivity contribution in [2.45, 2.75) is 18.9 Å². The second-order valence-corrected chi connectivity index (χ2v) is 4.64. The van der Waals surface area contributed by atoms with Crippen molar-refractivity contribution in [2.75, 3.05) is 14.2 Å². The average molecular weight is 272 g/mol. The summed E-state index contributed by atoms with van der Waals surface area (Å²) >= 11 is 0. The molecule has 0 amide bonds. The van der Waals surface area contributed by atoms with Crippen molar-refractivity contribution in [3.63, 3.8) is 0 Å². The molecule has 0 aliphatic rings. The second-order valence-electron chi connectivity index (χ2n) is 4.64. The first kappa shape index (κ1) is 14.4. The minimum absolute atomic E-state index is 0.456. The molecule has 0 bridgehead atoms. The zero-order valence-electron chi connectivity index (χ0n) is 11.9. The summed E-state index contributed by atoms with van der Waals surface area (Å²) in [6.07, 6.45) is 0.957. The van der Waals surface area contributed by atoms with Gasteiger partial charge < -0.3 is 14.6 Å². The number of methoxy groups -OCH3 is 2. The molecule has 0 radical (unpaired) electrons. The van der Waals surface area contributed by atoms with Crippen LogP contribution in [-0.2, 0) is 6.42 Å². The third-order valence-corrected chi connectivity index (χ3v) is 3.37. The van der Waals surface area contributed by atoms with E-state index in [-0.39, 0.29) is 0 Å². The molecule has 3 nitrogen and oxygen atoms in total. The van der Waals surface area contributed by atoms with E-state index >= 15 is 0 Å². The highest BCUT2D eigenvalue weighted by Crippen LogP contribution is 2.27. The van der Waals surface area contributed by atoms with Gasteiger partial charge >= 0.3 is 0 Å². The number of aryl methyl sites for hydroxylation is 1. The van der Waals surface area contributed by atoms with Gasteiger partial charge in [-0.1, -0.05) is 36.4 Å². The molecule has 106 valence electrons. The summed E-state index contributed by atoms with van der Waals surface area (Å²) in [6, 6.07) is 15.5. The molecule has 0 aliphatic carbocycles. The van der Waals surface area contributed by atoms with Crippen molar-refractivity contribution in [3.8, 4) is 11.5 Å². The number of ether oxygens (including phenoxy) is 2. The minimum atomic E-state index is -0.456. The predicted octanol–water partition coefficient (Wildman–Crippen LogP) is 3.37. The Hall–Kier alpha value is -2.00. The summed E-state index contributed by atoms with van der Waals surface area (Å²) < 4.78 is 10.5. The molecule has 2 aromatic rings. The zero-order valence-corrected chi connectivity index (χ0v) is 11.9. The Morgan fingerprint density at radius 1 is 1.00 bits per heavy atom. The number of rotatable bonds is 6. The molecule has 1 atom stereocenters. The molecule has 0 saturated heterocycles. The number of aliphatic hydroxyl groups is 1. The predicted molar refractivity (Wildman–Crippen MR) is 79.3 cm³/mol. The van der Waals surface area contributed by atoms with Gasteiger partial charge in [0.15, 0.2) is 0 Å². The van der Waals surface area contributed by atoms with Gasteiger partial charge in [0.25, 0.3) is 0 Å². The van der Waals surface area contributed by atoms with Crippen LogP contribution in [-0.4, -0.2) is 19.3 Å². The first-order valence-electron chi connectivity index (χ1n) is 6.68. The van der Waals surface area contributed by atoms with Crippen molar-refractivity contribution in [1.29, 1.82) is 0 Å². The van der Waals surface area contributed by atoms with Crippen LogP contribution in [0.2, 0.25) is 0 Å². The molecule has 2 aromatic carbocycles. The number of hydrogen-bond donors (Lipinski definition) is 1. The molecule has 3 heteroatoms. The van der Waals surface area contributed by atoms with Crippen LogP contribution in [0.15, 0.2) is 48.5 Å². The Kier molecular flexibility index (Phi) is 5.02. The fourth-order valence-electron chi connectivity index (χ4n) is 2.19. The first-order chi connectivity index (χ1) is 9.74. The summed E-state index contributed by atoms with van der Waals surface area (Å²) in [6.45, 7) is 0. The van der Waals surface area contributed by atoms with Crippen LogP contribution < -0.4 is 9.47 Å². The standard InChI is InChI=1S/C17H20O3/c1-19-15-10-8-14(17(12-15)20-2)9-11-16(18)13-6-4-3-5-7-13/h3-8,10,12,16,18H,9,11H2,1-2H3. The van der Waals surface area contributed by atoms with E-state index in [1.54, 1.807) is 14.2 Å². The van der Waals surface area contributed by atoms with Gasteiger partial charge in [-0.25, -0.2) is 0 Å². The van der Waals surface area contributed by atoms with E-state index in [0.29, 0.717) is 6.42 Å². The van der Waals surface area contributed by atoms with E-state index in [9.17, 15) is 5.11 Å². The monoisotopic (exact) mass is 272 g/mol. The van der Waals surface area contributed by atoms with Crippen molar-refractivity contribution in [3.05, 3.63) is 59.7 Å². The van der Waals surface area contributed by atoms with Gasteiger partial charge in [0.2, 0.25) is 0 Å². The third-order valence-electron chi connectivity index (χ3n) is 3.37. The van der Waals surface area contributed by atoms with Crippen LogP contribution in [0.25, 0.3) is 0 Å². The maximum Gasteiger partial charge on any atom is 0.125 e. The summed E-state index contributed by atoms with van der Waals surface area (Å²) in [5, 5.41) is 10.2. The lowest BCUT2D eigenvalue weighted by molar-refractivity contribution is 0.167. The first-order valence-corrected chi connectivity index (χ1v) is 6.68. The quantitative estimate of drug-likeness (QED) is 0.876. The van der Waals surface area contributed by atoms with Gasteiger partial charge in [0.05, 0.1) is 20.3 Å². The molecular weight excluding hydrogens is 252 g/mol. The Labute approximate surface area is 119 Å². The molecule has 1 unspecified atom stereocenters. The van der Waals surface area contributed by atoms with Gasteiger partial charge in [-0.05, 0) is 30.0 Å². The van der Waals surface area contributed by atoms with Crippen LogP contribution in [0, 0.1) is 0 Å². The zero-order chi connectivity index (χ0) is 14.4. The molecule has 2 rings (SSSR count). The van der Waals surface area contributed by atoms with Gasteiger partial charge in [-0.3, -0.25) is 0 Å². The lowest BCUT2D eigenvalue weighted by Crippen LogP contribution is -2.01. The number of aliphatic hydroxyl groups excluding tert-OH is 1. The average Bonchev–Trinajstić information content (AvgIpc) is 2.53. The SMILES string of the molecule is COc1ccc(CCC(O)c2ccccc2)c(OC)c1.